The number of carbonyl (C=O) groups is 1. The number of anilines is 1. The first-order valence-corrected chi connectivity index (χ1v) is 5.70. The van der Waals surface area contributed by atoms with E-state index in [1.54, 1.807) is 13.0 Å². The maximum absolute atomic E-state index is 11.0. The van der Waals surface area contributed by atoms with E-state index in [9.17, 15) is 4.79 Å². The van der Waals surface area contributed by atoms with Gasteiger partial charge in [0.1, 0.15) is 11.0 Å². The van der Waals surface area contributed by atoms with Crippen molar-refractivity contribution in [2.75, 3.05) is 31.2 Å². The monoisotopic (exact) mass is 256 g/mol. The molecule has 1 aliphatic rings. The second-order valence-electron chi connectivity index (χ2n) is 3.87. The van der Waals surface area contributed by atoms with Gasteiger partial charge < -0.3 is 14.7 Å². The lowest BCUT2D eigenvalue weighted by molar-refractivity contribution is 0.0696. The van der Waals surface area contributed by atoms with E-state index in [0.29, 0.717) is 24.6 Å². The van der Waals surface area contributed by atoms with E-state index in [4.69, 9.17) is 21.4 Å². The van der Waals surface area contributed by atoms with Crippen LogP contribution in [0, 0.1) is 6.92 Å². The van der Waals surface area contributed by atoms with Crippen molar-refractivity contribution in [2.24, 2.45) is 0 Å². The van der Waals surface area contributed by atoms with Crippen molar-refractivity contribution >= 4 is 23.4 Å². The normalized spacial score (nSPS) is 16.0. The summed E-state index contributed by atoms with van der Waals surface area (Å²) in [5.41, 5.74) is 0.697. The fourth-order valence-corrected chi connectivity index (χ4v) is 2.15. The quantitative estimate of drug-likeness (QED) is 0.814. The second-order valence-corrected chi connectivity index (χ2v) is 4.23. The van der Waals surface area contributed by atoms with Gasteiger partial charge in [0.15, 0.2) is 0 Å². The molecule has 0 spiro atoms. The molecule has 0 unspecified atom stereocenters. The van der Waals surface area contributed by atoms with Gasteiger partial charge in [-0.25, -0.2) is 9.78 Å². The van der Waals surface area contributed by atoms with Crippen molar-refractivity contribution in [1.82, 2.24) is 4.98 Å². The number of aromatic carboxylic acids is 1. The minimum absolute atomic E-state index is 0.0407. The van der Waals surface area contributed by atoms with Crippen LogP contribution >= 0.6 is 11.6 Å². The van der Waals surface area contributed by atoms with Crippen LogP contribution in [0.1, 0.15) is 15.9 Å². The highest BCUT2D eigenvalue weighted by Crippen LogP contribution is 2.23. The summed E-state index contributed by atoms with van der Waals surface area (Å²) in [6.45, 7) is 4.52. The first-order valence-electron chi connectivity index (χ1n) is 5.32. The topological polar surface area (TPSA) is 62.7 Å². The van der Waals surface area contributed by atoms with Crippen molar-refractivity contribution in [1.29, 1.82) is 0 Å². The van der Waals surface area contributed by atoms with Gasteiger partial charge in [0.05, 0.1) is 18.8 Å². The summed E-state index contributed by atoms with van der Waals surface area (Å²) in [4.78, 5) is 17.1. The second kappa shape index (κ2) is 4.89. The molecule has 1 saturated heterocycles. The van der Waals surface area contributed by atoms with Crippen molar-refractivity contribution in [2.45, 2.75) is 6.92 Å². The summed E-state index contributed by atoms with van der Waals surface area (Å²) in [5, 5.41) is 9.03. The zero-order chi connectivity index (χ0) is 12.4. The van der Waals surface area contributed by atoms with Gasteiger partial charge in [0, 0.05) is 13.1 Å². The highest BCUT2D eigenvalue weighted by atomic mass is 35.5. The molecule has 0 amide bonds. The highest BCUT2D eigenvalue weighted by Gasteiger charge is 2.18. The molecule has 0 atom stereocenters. The van der Waals surface area contributed by atoms with Gasteiger partial charge >= 0.3 is 5.97 Å². The molecule has 0 aliphatic carbocycles. The Labute approximate surface area is 104 Å². The first kappa shape index (κ1) is 12.1. The number of hydrogen-bond acceptors (Lipinski definition) is 4. The molecule has 0 saturated carbocycles. The van der Waals surface area contributed by atoms with Crippen LogP contribution in [0.3, 0.4) is 0 Å². The van der Waals surface area contributed by atoms with Crippen molar-refractivity contribution in [3.05, 3.63) is 22.3 Å². The van der Waals surface area contributed by atoms with E-state index < -0.39 is 5.97 Å². The molecule has 6 heteroatoms. The number of aryl methyl sites for hydroxylation is 1. The number of carboxylic acid groups (broad SMARTS) is 1. The molecule has 0 bridgehead atoms. The Morgan fingerprint density at radius 3 is 2.71 bits per heavy atom. The summed E-state index contributed by atoms with van der Waals surface area (Å²) in [6, 6.07) is 1.75. The van der Waals surface area contributed by atoms with Crippen LogP contribution in [-0.2, 0) is 4.74 Å². The predicted molar refractivity (Wildman–Crippen MR) is 64.0 cm³/mol. The SMILES string of the molecule is Cc1cc(N2CCOCC2)nc(Cl)c1C(=O)O. The van der Waals surface area contributed by atoms with Crippen LogP contribution in [0.2, 0.25) is 5.15 Å². The molecule has 2 rings (SSSR count). The molecule has 0 aromatic carbocycles. The predicted octanol–water partition coefficient (Wildman–Crippen LogP) is 1.58. The van der Waals surface area contributed by atoms with Gasteiger partial charge in [-0.05, 0) is 18.6 Å². The lowest BCUT2D eigenvalue weighted by Gasteiger charge is -2.28. The van der Waals surface area contributed by atoms with Crippen LogP contribution in [-0.4, -0.2) is 42.4 Å². The summed E-state index contributed by atoms with van der Waals surface area (Å²) >= 11 is 5.90. The summed E-state index contributed by atoms with van der Waals surface area (Å²) < 4.78 is 5.25. The van der Waals surface area contributed by atoms with Gasteiger partial charge in [-0.2, -0.15) is 0 Å². The van der Waals surface area contributed by atoms with E-state index in [1.165, 1.54) is 0 Å². The standard InChI is InChI=1S/C11H13ClN2O3/c1-7-6-8(14-2-4-17-5-3-14)13-10(12)9(7)11(15)16/h6H,2-5H2,1H3,(H,15,16). The minimum Gasteiger partial charge on any atom is -0.478 e. The third-order valence-corrected chi connectivity index (χ3v) is 2.98. The Balaban J connectivity index is 2.34. The van der Waals surface area contributed by atoms with Gasteiger partial charge in [-0.15, -0.1) is 0 Å². The number of pyridine rings is 1. The lowest BCUT2D eigenvalue weighted by atomic mass is 10.1. The molecule has 92 valence electrons. The maximum Gasteiger partial charge on any atom is 0.339 e. The number of nitrogens with zero attached hydrogens (tertiary/aromatic N) is 2. The maximum atomic E-state index is 11.0. The van der Waals surface area contributed by atoms with Gasteiger partial charge in [-0.1, -0.05) is 11.6 Å². The van der Waals surface area contributed by atoms with Crippen LogP contribution in [0.4, 0.5) is 5.82 Å². The Morgan fingerprint density at radius 2 is 2.18 bits per heavy atom. The Morgan fingerprint density at radius 1 is 1.53 bits per heavy atom. The number of ether oxygens (including phenoxy) is 1. The fraction of sp³-hybridized carbons (Fsp3) is 0.455. The molecule has 1 aromatic heterocycles. The molecular formula is C11H13ClN2O3. The fourth-order valence-electron chi connectivity index (χ4n) is 1.83. The molecule has 1 N–H and O–H groups in total. The average Bonchev–Trinajstić information content (AvgIpc) is 2.28. The van der Waals surface area contributed by atoms with Crippen LogP contribution in [0.15, 0.2) is 6.07 Å². The van der Waals surface area contributed by atoms with Crippen LogP contribution in [0.5, 0.6) is 0 Å². The highest BCUT2D eigenvalue weighted by molar-refractivity contribution is 6.32. The van der Waals surface area contributed by atoms with Crippen LogP contribution < -0.4 is 4.90 Å². The number of carboxylic acids is 1. The molecule has 17 heavy (non-hydrogen) atoms. The summed E-state index contributed by atoms with van der Waals surface area (Å²) in [6.07, 6.45) is 0. The van der Waals surface area contributed by atoms with Gasteiger partial charge in [0.2, 0.25) is 0 Å². The smallest absolute Gasteiger partial charge is 0.339 e. The van der Waals surface area contributed by atoms with Crippen molar-refractivity contribution in [3.63, 3.8) is 0 Å². The van der Waals surface area contributed by atoms with Crippen LogP contribution in [0.25, 0.3) is 0 Å². The molecule has 5 nitrogen and oxygen atoms in total. The Kier molecular flexibility index (Phi) is 3.49. The minimum atomic E-state index is -1.05. The largest absolute Gasteiger partial charge is 0.478 e. The summed E-state index contributed by atoms with van der Waals surface area (Å²) in [5.74, 6) is -0.339. The molecule has 1 aromatic rings. The van der Waals surface area contributed by atoms with Gasteiger partial charge in [-0.3, -0.25) is 0 Å². The molecule has 1 fully saturated rings. The number of halogens is 1. The average molecular weight is 257 g/mol. The van der Waals surface area contributed by atoms with E-state index >= 15 is 0 Å². The molecule has 1 aliphatic heterocycles. The van der Waals surface area contributed by atoms with Crippen molar-refractivity contribution in [3.8, 4) is 0 Å². The number of morpholine rings is 1. The lowest BCUT2D eigenvalue weighted by Crippen LogP contribution is -2.36. The molecule has 2 heterocycles. The number of rotatable bonds is 2. The van der Waals surface area contributed by atoms with E-state index in [2.05, 4.69) is 4.98 Å². The van der Waals surface area contributed by atoms with E-state index in [0.717, 1.165) is 13.1 Å². The number of aromatic nitrogens is 1. The Hall–Kier alpha value is -1.33. The third-order valence-electron chi connectivity index (χ3n) is 2.71. The Bertz CT molecular complexity index is 421. The molecule has 0 radical (unpaired) electrons. The van der Waals surface area contributed by atoms with E-state index in [-0.39, 0.29) is 10.7 Å². The van der Waals surface area contributed by atoms with Crippen molar-refractivity contribution < 1.29 is 14.6 Å². The number of hydrogen-bond donors (Lipinski definition) is 1. The summed E-state index contributed by atoms with van der Waals surface area (Å²) in [7, 11) is 0. The first-order chi connectivity index (χ1) is 8.09. The van der Waals surface area contributed by atoms with E-state index in [1.807, 2.05) is 4.90 Å². The third kappa shape index (κ3) is 2.50. The molecular weight excluding hydrogens is 244 g/mol. The zero-order valence-electron chi connectivity index (χ0n) is 9.44. The van der Waals surface area contributed by atoms with Gasteiger partial charge in [0.25, 0.3) is 0 Å². The zero-order valence-corrected chi connectivity index (χ0v) is 10.2.